The summed E-state index contributed by atoms with van der Waals surface area (Å²) in [5, 5.41) is 14.2. The summed E-state index contributed by atoms with van der Waals surface area (Å²) in [7, 11) is 0. The predicted octanol–water partition coefficient (Wildman–Crippen LogP) is 0.163. The Balaban J connectivity index is 0.00000180. The number of amides is 1. The van der Waals surface area contributed by atoms with Gasteiger partial charge in [-0.2, -0.15) is 4.68 Å². The van der Waals surface area contributed by atoms with Gasteiger partial charge in [0.15, 0.2) is 0 Å². The average molecular weight is 290 g/mol. The van der Waals surface area contributed by atoms with Crippen LogP contribution in [0.5, 0.6) is 0 Å². The number of carbonyl (C=O) groups is 1. The molecule has 8 nitrogen and oxygen atoms in total. The lowest BCUT2D eigenvalue weighted by molar-refractivity contribution is -0.389. The molecule has 1 aromatic heterocycles. The zero-order valence-corrected chi connectivity index (χ0v) is 11.1. The van der Waals surface area contributed by atoms with E-state index in [0.29, 0.717) is 13.1 Å². The average Bonchev–Trinajstić information content (AvgIpc) is 2.96. The van der Waals surface area contributed by atoms with Gasteiger partial charge in [-0.15, -0.1) is 12.4 Å². The van der Waals surface area contributed by atoms with Crippen molar-refractivity contribution in [3.05, 3.63) is 22.4 Å². The second-order valence-corrected chi connectivity index (χ2v) is 4.25. The third-order valence-electron chi connectivity index (χ3n) is 3.08. The van der Waals surface area contributed by atoms with E-state index in [1.54, 1.807) is 4.90 Å². The minimum atomic E-state index is -0.584. The fourth-order valence-electron chi connectivity index (χ4n) is 2.17. The highest BCUT2D eigenvalue weighted by molar-refractivity contribution is 5.85. The molecule has 0 saturated carbocycles. The number of carbonyl (C=O) groups excluding carboxylic acids is 1. The molecular formula is C10H16ClN5O3. The van der Waals surface area contributed by atoms with Gasteiger partial charge in [-0.1, -0.05) is 0 Å². The van der Waals surface area contributed by atoms with Crippen molar-refractivity contribution in [3.8, 4) is 0 Å². The zero-order valence-electron chi connectivity index (χ0n) is 10.3. The molecule has 0 aliphatic carbocycles. The van der Waals surface area contributed by atoms with Gasteiger partial charge in [-0.25, -0.2) is 0 Å². The molecule has 1 unspecified atom stereocenters. The number of rotatable bonds is 4. The number of nitrogens with zero attached hydrogens (tertiary/aromatic N) is 4. The third-order valence-corrected chi connectivity index (χ3v) is 3.08. The van der Waals surface area contributed by atoms with E-state index in [1.165, 1.54) is 16.9 Å². The van der Waals surface area contributed by atoms with Crippen LogP contribution < -0.4 is 5.73 Å². The molecule has 0 radical (unpaired) electrons. The van der Waals surface area contributed by atoms with Crippen LogP contribution in [0.2, 0.25) is 0 Å². The van der Waals surface area contributed by atoms with E-state index in [-0.39, 0.29) is 36.7 Å². The number of hydrogen-bond acceptors (Lipinski definition) is 5. The van der Waals surface area contributed by atoms with Gasteiger partial charge in [0.2, 0.25) is 5.91 Å². The summed E-state index contributed by atoms with van der Waals surface area (Å²) < 4.78 is 1.28. The van der Waals surface area contributed by atoms with Gasteiger partial charge in [-0.3, -0.25) is 4.79 Å². The van der Waals surface area contributed by atoms with Gasteiger partial charge in [0, 0.05) is 19.1 Å². The maximum Gasteiger partial charge on any atom is 0.389 e. The predicted molar refractivity (Wildman–Crippen MR) is 69.9 cm³/mol. The minimum Gasteiger partial charge on any atom is -0.358 e. The topological polar surface area (TPSA) is 107 Å². The number of aromatic nitrogens is 2. The molecule has 2 N–H and O–H groups in total. The minimum absolute atomic E-state index is 0. The van der Waals surface area contributed by atoms with Gasteiger partial charge in [-0.05, 0) is 17.8 Å². The van der Waals surface area contributed by atoms with Gasteiger partial charge in [0.1, 0.15) is 6.54 Å². The molecule has 1 aliphatic rings. The highest BCUT2D eigenvalue weighted by Crippen LogP contribution is 2.16. The first-order chi connectivity index (χ1) is 8.61. The first kappa shape index (κ1) is 15.4. The van der Waals surface area contributed by atoms with Crippen LogP contribution in [0.25, 0.3) is 0 Å². The van der Waals surface area contributed by atoms with Crippen LogP contribution in [0, 0.1) is 10.1 Å². The molecule has 1 saturated heterocycles. The molecule has 1 aromatic rings. The summed E-state index contributed by atoms with van der Waals surface area (Å²) in [6, 6.07) is 1.36. The van der Waals surface area contributed by atoms with Crippen molar-refractivity contribution in [1.82, 2.24) is 14.7 Å². The lowest BCUT2D eigenvalue weighted by Gasteiger charge is -2.22. The first-order valence-electron chi connectivity index (χ1n) is 5.79. The second kappa shape index (κ2) is 6.48. The maximum atomic E-state index is 12.0. The summed E-state index contributed by atoms with van der Waals surface area (Å²) in [5.41, 5.74) is 5.59. The van der Waals surface area contributed by atoms with Crippen molar-refractivity contribution >= 4 is 24.1 Å². The van der Waals surface area contributed by atoms with Crippen molar-refractivity contribution < 1.29 is 9.72 Å². The number of likely N-dealkylation sites (tertiary alicyclic amines) is 1. The van der Waals surface area contributed by atoms with E-state index in [2.05, 4.69) is 5.10 Å². The third kappa shape index (κ3) is 3.42. The number of halogens is 1. The SMILES string of the molecule is Cl.NCC1CCCN1C(=O)Cn1ccc([N+](=O)[O-])n1. The van der Waals surface area contributed by atoms with Crippen LogP contribution in [-0.2, 0) is 11.3 Å². The Morgan fingerprint density at radius 2 is 2.37 bits per heavy atom. The van der Waals surface area contributed by atoms with Crippen molar-refractivity contribution in [3.63, 3.8) is 0 Å². The molecule has 106 valence electrons. The van der Waals surface area contributed by atoms with Crippen LogP contribution in [0.4, 0.5) is 5.82 Å². The smallest absolute Gasteiger partial charge is 0.358 e. The number of nitro groups is 1. The lowest BCUT2D eigenvalue weighted by atomic mass is 10.2. The van der Waals surface area contributed by atoms with E-state index < -0.39 is 4.92 Å². The van der Waals surface area contributed by atoms with Gasteiger partial charge in [0.25, 0.3) is 0 Å². The van der Waals surface area contributed by atoms with Crippen LogP contribution in [0.3, 0.4) is 0 Å². The maximum absolute atomic E-state index is 12.0. The fraction of sp³-hybridized carbons (Fsp3) is 0.600. The summed E-state index contributed by atoms with van der Waals surface area (Å²) in [6.07, 6.45) is 3.30. The molecule has 0 spiro atoms. The first-order valence-corrected chi connectivity index (χ1v) is 5.79. The van der Waals surface area contributed by atoms with Gasteiger partial charge < -0.3 is 20.7 Å². The Morgan fingerprint density at radius 3 is 2.95 bits per heavy atom. The molecule has 2 heterocycles. The normalized spacial score (nSPS) is 18.2. The quantitative estimate of drug-likeness (QED) is 0.627. The Bertz CT molecular complexity index is 464. The molecule has 1 atom stereocenters. The Kier molecular flexibility index (Phi) is 5.25. The fourth-order valence-corrected chi connectivity index (χ4v) is 2.17. The molecule has 19 heavy (non-hydrogen) atoms. The van der Waals surface area contributed by atoms with Crippen molar-refractivity contribution in [2.24, 2.45) is 5.73 Å². The second-order valence-electron chi connectivity index (χ2n) is 4.25. The van der Waals surface area contributed by atoms with E-state index in [9.17, 15) is 14.9 Å². The number of nitrogens with two attached hydrogens (primary N) is 1. The van der Waals surface area contributed by atoms with Crippen molar-refractivity contribution in [2.75, 3.05) is 13.1 Å². The molecule has 9 heteroatoms. The van der Waals surface area contributed by atoms with Gasteiger partial charge >= 0.3 is 5.82 Å². The standard InChI is InChI=1S/C10H15N5O3.ClH/c11-6-8-2-1-4-14(8)10(16)7-13-5-3-9(12-13)15(17)18;/h3,5,8H,1-2,4,6-7,11H2;1H. The largest absolute Gasteiger partial charge is 0.389 e. The van der Waals surface area contributed by atoms with E-state index >= 15 is 0 Å². The van der Waals surface area contributed by atoms with Crippen LogP contribution in [-0.4, -0.2) is 44.6 Å². The summed E-state index contributed by atoms with van der Waals surface area (Å²) in [6.45, 7) is 1.17. The highest BCUT2D eigenvalue weighted by Gasteiger charge is 2.28. The van der Waals surface area contributed by atoms with E-state index in [0.717, 1.165) is 12.8 Å². The van der Waals surface area contributed by atoms with Gasteiger partial charge in [0.05, 0.1) is 17.4 Å². The summed E-state index contributed by atoms with van der Waals surface area (Å²) in [4.78, 5) is 23.6. The Morgan fingerprint density at radius 1 is 1.63 bits per heavy atom. The van der Waals surface area contributed by atoms with E-state index in [1.807, 2.05) is 0 Å². The Hall–Kier alpha value is -1.67. The molecule has 2 rings (SSSR count). The zero-order chi connectivity index (χ0) is 13.1. The summed E-state index contributed by atoms with van der Waals surface area (Å²) in [5.74, 6) is -0.347. The van der Waals surface area contributed by atoms with Crippen molar-refractivity contribution in [1.29, 1.82) is 0 Å². The molecule has 1 amide bonds. The monoisotopic (exact) mass is 289 g/mol. The van der Waals surface area contributed by atoms with Crippen LogP contribution in [0.1, 0.15) is 12.8 Å². The molecule has 1 aliphatic heterocycles. The molecule has 0 aromatic carbocycles. The molecule has 1 fully saturated rings. The Labute approximate surface area is 116 Å². The number of hydrogen-bond donors (Lipinski definition) is 1. The van der Waals surface area contributed by atoms with Crippen molar-refractivity contribution in [2.45, 2.75) is 25.4 Å². The lowest BCUT2D eigenvalue weighted by Crippen LogP contribution is -2.41. The van der Waals surface area contributed by atoms with E-state index in [4.69, 9.17) is 5.73 Å². The molecular weight excluding hydrogens is 274 g/mol. The highest BCUT2D eigenvalue weighted by atomic mass is 35.5. The molecule has 0 bridgehead atoms. The summed E-state index contributed by atoms with van der Waals surface area (Å²) >= 11 is 0. The van der Waals surface area contributed by atoms with Crippen LogP contribution in [0.15, 0.2) is 12.3 Å². The van der Waals surface area contributed by atoms with Crippen LogP contribution >= 0.6 is 12.4 Å².